The van der Waals surface area contributed by atoms with Crippen LogP contribution in [0.3, 0.4) is 0 Å². The Kier molecular flexibility index (Phi) is 8.50. The summed E-state index contributed by atoms with van der Waals surface area (Å²) in [6.45, 7) is 0. The van der Waals surface area contributed by atoms with Gasteiger partial charge in [-0.25, -0.2) is 0 Å². The molecule has 4 bridgehead atoms. The van der Waals surface area contributed by atoms with E-state index in [1.165, 1.54) is 98.5 Å². The van der Waals surface area contributed by atoms with Crippen LogP contribution in [0, 0.1) is 23.7 Å². The normalized spacial score (nSPS) is 21.1. The number of benzene rings is 9. The highest BCUT2D eigenvalue weighted by Crippen LogP contribution is 2.69. The molecule has 4 fully saturated rings. The molecule has 0 aliphatic heterocycles. The number of nitrogens with zero attached hydrogens (tertiary/aromatic N) is 1. The van der Waals surface area contributed by atoms with Crippen LogP contribution in [-0.4, -0.2) is 0 Å². The van der Waals surface area contributed by atoms with Crippen LogP contribution in [0.1, 0.15) is 43.2 Å². The van der Waals surface area contributed by atoms with Gasteiger partial charge in [0.15, 0.2) is 0 Å². The molecule has 9 aromatic carbocycles. The van der Waals surface area contributed by atoms with E-state index in [-0.39, 0.29) is 5.41 Å². The van der Waals surface area contributed by atoms with E-state index in [0.717, 1.165) is 40.1 Å². The van der Waals surface area contributed by atoms with Gasteiger partial charge in [-0.15, -0.1) is 0 Å². The third kappa shape index (κ3) is 5.73. The maximum atomic E-state index is 6.60. The molecular weight excluding hydrogens is 799 g/mol. The van der Waals surface area contributed by atoms with Crippen molar-refractivity contribution < 1.29 is 4.42 Å². The van der Waals surface area contributed by atoms with Crippen molar-refractivity contribution in [1.29, 1.82) is 0 Å². The Balaban J connectivity index is 0.881. The average Bonchev–Trinajstić information content (AvgIpc) is 3.90. The lowest BCUT2D eigenvalue weighted by atomic mass is 9.43. The minimum Gasteiger partial charge on any atom is -0.455 e. The quantitative estimate of drug-likeness (QED) is 0.159. The summed E-state index contributed by atoms with van der Waals surface area (Å²) in [5.74, 6) is 3.14. The van der Waals surface area contributed by atoms with E-state index in [2.05, 4.69) is 217 Å². The van der Waals surface area contributed by atoms with E-state index >= 15 is 0 Å². The summed E-state index contributed by atoms with van der Waals surface area (Å²) in [7, 11) is 0. The largest absolute Gasteiger partial charge is 0.455 e. The van der Waals surface area contributed by atoms with E-state index in [0.29, 0.717) is 11.8 Å². The Bertz CT molecular complexity index is 3440. The van der Waals surface area contributed by atoms with Crippen molar-refractivity contribution in [1.82, 2.24) is 0 Å². The predicted molar refractivity (Wildman–Crippen MR) is 273 cm³/mol. The molecule has 1 aromatic heterocycles. The maximum absolute atomic E-state index is 6.60. The Labute approximate surface area is 386 Å². The van der Waals surface area contributed by atoms with Gasteiger partial charge in [0.05, 0.1) is 5.69 Å². The van der Waals surface area contributed by atoms with Crippen molar-refractivity contribution in [3.63, 3.8) is 0 Å². The third-order valence-corrected chi connectivity index (χ3v) is 16.3. The van der Waals surface area contributed by atoms with Crippen molar-refractivity contribution in [2.24, 2.45) is 23.7 Å². The molecule has 0 atom stereocenters. The van der Waals surface area contributed by atoms with Gasteiger partial charge in [-0.1, -0.05) is 164 Å². The highest BCUT2D eigenvalue weighted by molar-refractivity contribution is 6.09. The van der Waals surface area contributed by atoms with Crippen molar-refractivity contribution in [3.8, 4) is 55.6 Å². The molecule has 0 unspecified atom stereocenters. The maximum Gasteiger partial charge on any atom is 0.143 e. The molecule has 316 valence electrons. The minimum absolute atomic E-state index is 0.0573. The molecule has 0 N–H and O–H groups in total. The van der Waals surface area contributed by atoms with Crippen LogP contribution in [0.5, 0.6) is 0 Å². The van der Waals surface area contributed by atoms with Crippen LogP contribution in [-0.2, 0) is 5.41 Å². The fourth-order valence-corrected chi connectivity index (χ4v) is 13.7. The zero-order chi connectivity index (χ0) is 43.3. The topological polar surface area (TPSA) is 16.4 Å². The van der Waals surface area contributed by atoms with Gasteiger partial charge in [0, 0.05) is 38.7 Å². The van der Waals surface area contributed by atoms with E-state index in [9.17, 15) is 0 Å². The summed E-state index contributed by atoms with van der Waals surface area (Å²) >= 11 is 0. The number of hydrogen-bond donors (Lipinski definition) is 0. The van der Waals surface area contributed by atoms with E-state index in [4.69, 9.17) is 4.42 Å². The Morgan fingerprint density at radius 3 is 1.65 bits per heavy atom. The summed E-state index contributed by atoms with van der Waals surface area (Å²) in [4.78, 5) is 2.42. The molecule has 2 nitrogen and oxygen atoms in total. The van der Waals surface area contributed by atoms with Gasteiger partial charge >= 0.3 is 0 Å². The molecule has 1 spiro atoms. The van der Waals surface area contributed by atoms with Crippen molar-refractivity contribution in [2.75, 3.05) is 4.90 Å². The van der Waals surface area contributed by atoms with Crippen LogP contribution in [0.25, 0.3) is 77.6 Å². The molecular formula is C64H49NO. The molecule has 66 heavy (non-hydrogen) atoms. The van der Waals surface area contributed by atoms with E-state index < -0.39 is 0 Å². The molecule has 0 radical (unpaired) electrons. The smallest absolute Gasteiger partial charge is 0.143 e. The zero-order valence-corrected chi connectivity index (χ0v) is 36.9. The van der Waals surface area contributed by atoms with Gasteiger partial charge in [-0.2, -0.15) is 0 Å². The Morgan fingerprint density at radius 2 is 0.924 bits per heavy atom. The van der Waals surface area contributed by atoms with Gasteiger partial charge in [0.25, 0.3) is 0 Å². The van der Waals surface area contributed by atoms with Crippen molar-refractivity contribution >= 4 is 39.0 Å². The Hall–Kier alpha value is -7.42. The number of hydrogen-bond acceptors (Lipinski definition) is 2. The summed E-state index contributed by atoms with van der Waals surface area (Å²) < 4.78 is 6.60. The van der Waals surface area contributed by atoms with Gasteiger partial charge in [0.2, 0.25) is 0 Å². The van der Waals surface area contributed by atoms with Crippen LogP contribution < -0.4 is 4.90 Å². The number of rotatable bonds is 7. The molecule has 4 saturated carbocycles. The first-order valence-corrected chi connectivity index (χ1v) is 24.1. The average molecular weight is 848 g/mol. The first-order valence-electron chi connectivity index (χ1n) is 24.1. The van der Waals surface area contributed by atoms with E-state index in [1.54, 1.807) is 11.1 Å². The van der Waals surface area contributed by atoms with Gasteiger partial charge in [0.1, 0.15) is 11.2 Å². The lowest BCUT2D eigenvalue weighted by molar-refractivity contribution is -0.0399. The summed E-state index contributed by atoms with van der Waals surface area (Å²) in [5, 5.41) is 2.36. The molecule has 10 aromatic rings. The summed E-state index contributed by atoms with van der Waals surface area (Å²) in [6.07, 6.45) is 6.88. The van der Waals surface area contributed by atoms with Crippen molar-refractivity contribution in [3.05, 3.63) is 223 Å². The number of para-hydroxylation sites is 3. The predicted octanol–water partition coefficient (Wildman–Crippen LogP) is 17.4. The first-order chi connectivity index (χ1) is 32.7. The molecule has 5 aliphatic carbocycles. The molecule has 0 amide bonds. The molecule has 5 aliphatic rings. The number of furan rings is 1. The van der Waals surface area contributed by atoms with Crippen molar-refractivity contribution in [2.45, 2.75) is 37.5 Å². The van der Waals surface area contributed by atoms with Crippen LogP contribution in [0.4, 0.5) is 17.1 Å². The summed E-state index contributed by atoms with van der Waals surface area (Å²) in [5.41, 5.74) is 21.2. The number of anilines is 3. The fourth-order valence-electron chi connectivity index (χ4n) is 13.7. The second-order valence-electron chi connectivity index (χ2n) is 19.7. The third-order valence-electron chi connectivity index (χ3n) is 16.3. The molecule has 2 heteroatoms. The fraction of sp³-hybridized carbons (Fsp3) is 0.156. The zero-order valence-electron chi connectivity index (χ0n) is 36.9. The molecule has 1 heterocycles. The minimum atomic E-state index is 0.0573. The SMILES string of the molecule is c1ccc(-c2ccc(N(c3ccc(-c4ccc5c(c4)C4(c6ccc(-c7cccc8c7oc7ccccc78)cc6-5)C5CC6CC(C5)CC4C6)cc3)c3ccccc3-c3ccccc3)cc2)cc1. The van der Waals surface area contributed by atoms with Crippen LogP contribution >= 0.6 is 0 Å². The second kappa shape index (κ2) is 14.8. The van der Waals surface area contributed by atoms with Crippen LogP contribution in [0.2, 0.25) is 0 Å². The van der Waals surface area contributed by atoms with Gasteiger partial charge in [-0.3, -0.25) is 0 Å². The monoisotopic (exact) mass is 847 g/mol. The first kappa shape index (κ1) is 37.9. The number of fused-ring (bicyclic) bond motifs is 6. The van der Waals surface area contributed by atoms with Gasteiger partial charge in [-0.05, 0) is 160 Å². The van der Waals surface area contributed by atoms with Gasteiger partial charge < -0.3 is 9.32 Å². The van der Waals surface area contributed by atoms with Crippen LogP contribution in [0.15, 0.2) is 217 Å². The Morgan fingerprint density at radius 1 is 0.364 bits per heavy atom. The van der Waals surface area contributed by atoms with E-state index in [1.807, 2.05) is 0 Å². The lowest BCUT2D eigenvalue weighted by Gasteiger charge is -2.61. The second-order valence-corrected chi connectivity index (χ2v) is 19.7. The highest BCUT2D eigenvalue weighted by atomic mass is 16.3. The summed E-state index contributed by atoms with van der Waals surface area (Å²) in [6, 6.07) is 78.7. The molecule has 0 saturated heterocycles. The highest BCUT2D eigenvalue weighted by Gasteiger charge is 2.61. The lowest BCUT2D eigenvalue weighted by Crippen LogP contribution is -2.55. The standard InChI is InChI=1S/C64H49NO/c1-3-12-43(13-4-1)44-22-28-51(29-23-44)65(61-20-9-7-16-53(61)46-14-5-2-6-15-46)52-30-24-45(25-31-52)47-26-32-55-58-39-48(54-18-11-19-57-56-17-8-10-21-62(56)66-63(54)57)27-33-59(58)64(60(55)40-47)49-35-41-34-42(37-49)38-50(64)36-41/h1-33,39-42,49-50H,34-38H2. The molecule has 15 rings (SSSR count).